The van der Waals surface area contributed by atoms with Crippen molar-refractivity contribution in [3.05, 3.63) is 53.4 Å². The molecule has 0 aliphatic rings. The van der Waals surface area contributed by atoms with E-state index in [0.29, 0.717) is 24.7 Å². The first-order valence-electron chi connectivity index (χ1n) is 6.17. The van der Waals surface area contributed by atoms with Gasteiger partial charge >= 0.3 is 0 Å². The van der Waals surface area contributed by atoms with Gasteiger partial charge in [0.25, 0.3) is 5.89 Å². The maximum Gasteiger partial charge on any atom is 0.267 e. The topological polar surface area (TPSA) is 51.0 Å². The molecule has 0 atom stereocenters. The van der Waals surface area contributed by atoms with E-state index in [9.17, 15) is 4.39 Å². The number of anilines is 1. The fourth-order valence-corrected chi connectivity index (χ4v) is 2.42. The van der Waals surface area contributed by atoms with Crippen LogP contribution in [0, 0.1) is 5.82 Å². The minimum Gasteiger partial charge on any atom is -0.385 e. The first-order valence-corrected chi connectivity index (χ1v) is 7.05. The molecule has 2 aromatic heterocycles. The number of thiophene rings is 1. The van der Waals surface area contributed by atoms with Crippen molar-refractivity contribution in [3.8, 4) is 10.8 Å². The molecule has 0 saturated carbocycles. The maximum absolute atomic E-state index is 13.0. The molecule has 0 spiro atoms. The lowest BCUT2D eigenvalue weighted by molar-refractivity contribution is 0.423. The molecule has 1 aromatic carbocycles. The molecule has 0 bridgehead atoms. The highest BCUT2D eigenvalue weighted by Gasteiger charge is 2.09. The fraction of sp³-hybridized carbons (Fsp3) is 0.143. The van der Waals surface area contributed by atoms with Crippen molar-refractivity contribution in [1.82, 2.24) is 10.1 Å². The largest absolute Gasteiger partial charge is 0.385 e. The van der Waals surface area contributed by atoms with E-state index in [2.05, 4.69) is 15.5 Å². The zero-order valence-corrected chi connectivity index (χ0v) is 11.4. The van der Waals surface area contributed by atoms with Gasteiger partial charge in [0.1, 0.15) is 5.82 Å². The number of hydrogen-bond acceptors (Lipinski definition) is 5. The van der Waals surface area contributed by atoms with Crippen molar-refractivity contribution in [2.24, 2.45) is 0 Å². The summed E-state index contributed by atoms with van der Waals surface area (Å²) in [6.07, 6.45) is 0.616. The van der Waals surface area contributed by atoms with E-state index in [-0.39, 0.29) is 5.82 Å². The molecule has 3 rings (SSSR count). The Labute approximate surface area is 119 Å². The molecular weight excluding hydrogens is 277 g/mol. The van der Waals surface area contributed by atoms with E-state index in [0.717, 1.165) is 10.6 Å². The number of nitrogens with one attached hydrogen (secondary N) is 1. The van der Waals surface area contributed by atoms with Crippen LogP contribution in [0.2, 0.25) is 0 Å². The molecule has 0 radical (unpaired) electrons. The van der Waals surface area contributed by atoms with Crippen LogP contribution in [0.4, 0.5) is 10.1 Å². The van der Waals surface area contributed by atoms with Crippen LogP contribution in [-0.4, -0.2) is 16.7 Å². The molecule has 0 aliphatic heterocycles. The number of halogens is 1. The predicted molar refractivity (Wildman–Crippen MR) is 76.2 cm³/mol. The summed E-state index contributed by atoms with van der Waals surface area (Å²) in [5, 5.41) is 9.01. The van der Waals surface area contributed by atoms with Gasteiger partial charge in [-0.25, -0.2) is 4.39 Å². The zero-order chi connectivity index (χ0) is 13.8. The van der Waals surface area contributed by atoms with Crippen LogP contribution in [0.1, 0.15) is 5.82 Å². The Morgan fingerprint density at radius 3 is 3.00 bits per heavy atom. The van der Waals surface area contributed by atoms with Crippen LogP contribution in [-0.2, 0) is 6.42 Å². The second kappa shape index (κ2) is 5.83. The standard InChI is InChI=1S/C14H12FN3OS/c15-10-3-1-4-11(9-10)16-7-6-13-17-14(19-18-13)12-5-2-8-20-12/h1-5,8-9,16H,6-7H2. The van der Waals surface area contributed by atoms with Gasteiger partial charge in [-0.3, -0.25) is 0 Å². The third-order valence-electron chi connectivity index (χ3n) is 2.70. The molecule has 1 N–H and O–H groups in total. The molecule has 0 unspecified atom stereocenters. The molecule has 102 valence electrons. The van der Waals surface area contributed by atoms with Crippen LogP contribution in [0.5, 0.6) is 0 Å². The van der Waals surface area contributed by atoms with E-state index in [4.69, 9.17) is 4.52 Å². The number of hydrogen-bond donors (Lipinski definition) is 1. The average Bonchev–Trinajstić information content (AvgIpc) is 3.09. The lowest BCUT2D eigenvalue weighted by Crippen LogP contribution is -2.06. The van der Waals surface area contributed by atoms with Gasteiger partial charge in [-0.1, -0.05) is 17.3 Å². The SMILES string of the molecule is Fc1cccc(NCCc2noc(-c3cccs3)n2)c1. The molecule has 0 aliphatic carbocycles. The van der Waals surface area contributed by atoms with Crippen LogP contribution in [0.15, 0.2) is 46.3 Å². The van der Waals surface area contributed by atoms with Crippen molar-refractivity contribution in [1.29, 1.82) is 0 Å². The molecule has 0 saturated heterocycles. The normalized spacial score (nSPS) is 10.7. The number of rotatable bonds is 5. The van der Waals surface area contributed by atoms with Crippen molar-refractivity contribution in [2.75, 3.05) is 11.9 Å². The first kappa shape index (κ1) is 12.8. The highest BCUT2D eigenvalue weighted by molar-refractivity contribution is 7.13. The quantitative estimate of drug-likeness (QED) is 0.780. The van der Waals surface area contributed by atoms with E-state index in [1.54, 1.807) is 17.4 Å². The summed E-state index contributed by atoms with van der Waals surface area (Å²) < 4.78 is 18.2. The van der Waals surface area contributed by atoms with E-state index in [1.807, 2.05) is 23.6 Å². The summed E-state index contributed by atoms with van der Waals surface area (Å²) in [6.45, 7) is 0.618. The lowest BCUT2D eigenvalue weighted by Gasteiger charge is -2.03. The van der Waals surface area contributed by atoms with Gasteiger partial charge in [0.15, 0.2) is 5.82 Å². The summed E-state index contributed by atoms with van der Waals surface area (Å²) >= 11 is 1.56. The Morgan fingerprint density at radius 2 is 2.20 bits per heavy atom. The van der Waals surface area contributed by atoms with E-state index >= 15 is 0 Å². The molecule has 6 heteroatoms. The Morgan fingerprint density at radius 1 is 1.25 bits per heavy atom. The summed E-state index contributed by atoms with van der Waals surface area (Å²) in [6, 6.07) is 10.2. The monoisotopic (exact) mass is 289 g/mol. The fourth-order valence-electron chi connectivity index (χ4n) is 1.77. The predicted octanol–water partition coefficient (Wildman–Crippen LogP) is 3.59. The summed E-state index contributed by atoms with van der Waals surface area (Å²) in [4.78, 5) is 5.28. The molecule has 0 fully saturated rings. The van der Waals surface area contributed by atoms with E-state index < -0.39 is 0 Å². The van der Waals surface area contributed by atoms with Gasteiger partial charge in [0.05, 0.1) is 4.88 Å². The van der Waals surface area contributed by atoms with Crippen LogP contribution in [0.25, 0.3) is 10.8 Å². The second-order valence-electron chi connectivity index (χ2n) is 4.18. The van der Waals surface area contributed by atoms with Crippen molar-refractivity contribution >= 4 is 17.0 Å². The highest BCUT2D eigenvalue weighted by atomic mass is 32.1. The average molecular weight is 289 g/mol. The van der Waals surface area contributed by atoms with Crippen LogP contribution >= 0.6 is 11.3 Å². The summed E-state index contributed by atoms with van der Waals surface area (Å²) in [5.74, 6) is 0.924. The number of nitrogens with zero attached hydrogens (tertiary/aromatic N) is 2. The third-order valence-corrected chi connectivity index (χ3v) is 3.56. The van der Waals surface area contributed by atoms with Gasteiger partial charge in [0, 0.05) is 18.7 Å². The lowest BCUT2D eigenvalue weighted by atomic mass is 10.3. The van der Waals surface area contributed by atoms with Crippen molar-refractivity contribution in [2.45, 2.75) is 6.42 Å². The summed E-state index contributed by atoms with van der Waals surface area (Å²) in [5.41, 5.74) is 0.743. The van der Waals surface area contributed by atoms with Crippen LogP contribution < -0.4 is 5.32 Å². The molecule has 0 amide bonds. The Balaban J connectivity index is 1.57. The Bertz CT molecular complexity index is 681. The highest BCUT2D eigenvalue weighted by Crippen LogP contribution is 2.22. The van der Waals surface area contributed by atoms with Gasteiger partial charge in [-0.15, -0.1) is 11.3 Å². The molecule has 4 nitrogen and oxygen atoms in total. The maximum atomic E-state index is 13.0. The minimum atomic E-state index is -0.255. The molecule has 2 heterocycles. The van der Waals surface area contributed by atoms with E-state index in [1.165, 1.54) is 12.1 Å². The van der Waals surface area contributed by atoms with Crippen LogP contribution in [0.3, 0.4) is 0 Å². The summed E-state index contributed by atoms with van der Waals surface area (Å²) in [7, 11) is 0. The van der Waals surface area contributed by atoms with Crippen molar-refractivity contribution < 1.29 is 8.91 Å². The smallest absolute Gasteiger partial charge is 0.267 e. The third kappa shape index (κ3) is 3.03. The second-order valence-corrected chi connectivity index (χ2v) is 5.13. The van der Waals surface area contributed by atoms with Gasteiger partial charge < -0.3 is 9.84 Å². The Kier molecular flexibility index (Phi) is 3.73. The zero-order valence-electron chi connectivity index (χ0n) is 10.5. The number of benzene rings is 1. The molecule has 20 heavy (non-hydrogen) atoms. The minimum absolute atomic E-state index is 0.255. The molecule has 3 aromatic rings. The van der Waals surface area contributed by atoms with Gasteiger partial charge in [-0.2, -0.15) is 4.98 Å². The van der Waals surface area contributed by atoms with Crippen molar-refractivity contribution in [3.63, 3.8) is 0 Å². The molecular formula is C14H12FN3OS. The van der Waals surface area contributed by atoms with Gasteiger partial charge in [0.2, 0.25) is 0 Å². The van der Waals surface area contributed by atoms with Gasteiger partial charge in [-0.05, 0) is 29.6 Å². The first-order chi connectivity index (χ1) is 9.81. The Hall–Kier alpha value is -2.21. The number of aromatic nitrogens is 2.